The van der Waals surface area contributed by atoms with Gasteiger partial charge < -0.3 is 115 Å². The molecule has 8 unspecified atom stereocenters. The Labute approximate surface area is 515 Å². The van der Waals surface area contributed by atoms with Gasteiger partial charge in [-0.3, -0.25) is 9.59 Å². The van der Waals surface area contributed by atoms with Crippen LogP contribution >= 0.6 is 0 Å². The quantitative estimate of drug-likeness (QED) is 0.0305. The van der Waals surface area contributed by atoms with Gasteiger partial charge in [0.1, 0.15) is 97.6 Å². The number of rotatable bonds is 45. The van der Waals surface area contributed by atoms with Gasteiger partial charge in [-0.05, 0) is 19.3 Å². The number of aliphatic hydroxyl groups is 13. The topological polar surface area (TPSA) is 395 Å². The largest absolute Gasteiger partial charge is 0.394 e. The van der Waals surface area contributed by atoms with E-state index < -0.39 is 174 Å². The van der Waals surface area contributed by atoms with Crippen LogP contribution in [0.5, 0.6) is 0 Å². The molecule has 510 valence electrons. The number of hydrogen-bond acceptors (Lipinski definition) is 23. The number of amides is 2. The molecule has 4 rings (SSSR count). The third-order valence-corrected chi connectivity index (χ3v) is 17.1. The van der Waals surface area contributed by atoms with E-state index in [1.54, 1.807) is 6.08 Å². The first-order valence-electron chi connectivity index (χ1n) is 32.9. The molecule has 0 spiro atoms. The molecule has 4 aliphatic heterocycles. The summed E-state index contributed by atoms with van der Waals surface area (Å²) in [6.07, 6.45) is -0.0248. The first-order valence-corrected chi connectivity index (χ1v) is 32.9. The molecule has 2 amide bonds. The number of unbranched alkanes of at least 4 members (excludes halogenated alkanes) is 25. The van der Waals surface area contributed by atoms with E-state index in [0.29, 0.717) is 12.8 Å². The predicted molar refractivity (Wildman–Crippen MR) is 317 cm³/mol. The maximum Gasteiger partial charge on any atom is 0.220 e. The van der Waals surface area contributed by atoms with Crippen molar-refractivity contribution < 1.29 is 114 Å². The van der Waals surface area contributed by atoms with Gasteiger partial charge in [0, 0.05) is 13.3 Å². The molecule has 25 nitrogen and oxygen atoms in total. The van der Waals surface area contributed by atoms with E-state index in [1.165, 1.54) is 116 Å². The number of hydrogen-bond donors (Lipinski definition) is 15. The fourth-order valence-corrected chi connectivity index (χ4v) is 11.7. The summed E-state index contributed by atoms with van der Waals surface area (Å²) in [7, 11) is 0. The second-order valence-corrected chi connectivity index (χ2v) is 24.3. The Morgan fingerprint density at radius 2 is 0.851 bits per heavy atom. The van der Waals surface area contributed by atoms with Crippen molar-refractivity contribution in [1.82, 2.24) is 10.6 Å². The second kappa shape index (κ2) is 43.6. The number of ether oxygens (including phenoxy) is 8. The fraction of sp³-hybridized carbons (Fsp3) is 0.935. The lowest BCUT2D eigenvalue weighted by atomic mass is 9.94. The highest BCUT2D eigenvalue weighted by molar-refractivity contribution is 5.76. The highest BCUT2D eigenvalue weighted by Gasteiger charge is 2.56. The molecule has 4 heterocycles. The van der Waals surface area contributed by atoms with Crippen LogP contribution in [0.25, 0.3) is 0 Å². The molecule has 15 N–H and O–H groups in total. The lowest BCUT2D eigenvalue weighted by Gasteiger charge is -2.50. The van der Waals surface area contributed by atoms with Gasteiger partial charge in [-0.15, -0.1) is 0 Å². The van der Waals surface area contributed by atoms with Crippen molar-refractivity contribution in [2.45, 2.75) is 335 Å². The number of aliphatic hydroxyl groups excluding tert-OH is 13. The zero-order valence-electron chi connectivity index (χ0n) is 52.1. The molecule has 0 bridgehead atoms. The van der Waals surface area contributed by atoms with Crippen molar-refractivity contribution in [3.63, 3.8) is 0 Å². The maximum absolute atomic E-state index is 13.4. The Balaban J connectivity index is 1.37. The van der Waals surface area contributed by atoms with E-state index in [0.717, 1.165) is 51.9 Å². The molecule has 22 atom stereocenters. The number of carbonyl (C=O) groups excluding carboxylic acids is 2. The molecule has 25 heteroatoms. The average Bonchev–Trinajstić information content (AvgIpc) is 1.94. The number of carbonyl (C=O) groups is 2. The lowest BCUT2D eigenvalue weighted by Crippen LogP contribution is -2.69. The van der Waals surface area contributed by atoms with Crippen LogP contribution in [0.15, 0.2) is 12.2 Å². The fourth-order valence-electron chi connectivity index (χ4n) is 11.7. The van der Waals surface area contributed by atoms with Crippen molar-refractivity contribution in [2.75, 3.05) is 33.0 Å². The van der Waals surface area contributed by atoms with Gasteiger partial charge in [-0.25, -0.2) is 0 Å². The first-order chi connectivity index (χ1) is 42.0. The van der Waals surface area contributed by atoms with Crippen LogP contribution in [0.4, 0.5) is 0 Å². The Bertz CT molecular complexity index is 1830. The summed E-state index contributed by atoms with van der Waals surface area (Å²) in [6, 6.07) is -2.67. The summed E-state index contributed by atoms with van der Waals surface area (Å²) in [6.45, 7) is 1.58. The Hall–Kier alpha value is -2.16. The van der Waals surface area contributed by atoms with Gasteiger partial charge in [0.15, 0.2) is 25.2 Å². The van der Waals surface area contributed by atoms with Crippen LogP contribution in [0.2, 0.25) is 0 Å². The highest BCUT2D eigenvalue weighted by atomic mass is 16.8. The van der Waals surface area contributed by atoms with Crippen LogP contribution < -0.4 is 10.6 Å². The van der Waals surface area contributed by atoms with Crippen molar-refractivity contribution in [2.24, 2.45) is 0 Å². The van der Waals surface area contributed by atoms with Crippen molar-refractivity contribution >= 4 is 11.8 Å². The van der Waals surface area contributed by atoms with E-state index in [-0.39, 0.29) is 12.3 Å². The molecule has 0 saturated carbocycles. The van der Waals surface area contributed by atoms with Gasteiger partial charge in [0.2, 0.25) is 11.8 Å². The van der Waals surface area contributed by atoms with Gasteiger partial charge in [-0.1, -0.05) is 180 Å². The van der Waals surface area contributed by atoms with Crippen LogP contribution in [-0.4, -0.2) is 246 Å². The third-order valence-electron chi connectivity index (χ3n) is 17.1. The monoisotopic (exact) mass is 1250 g/mol. The zero-order chi connectivity index (χ0) is 63.7. The van der Waals surface area contributed by atoms with E-state index in [9.17, 15) is 76.0 Å². The van der Waals surface area contributed by atoms with Crippen LogP contribution in [-0.2, 0) is 47.5 Å². The average molecular weight is 1260 g/mol. The molecular formula is C62H114N2O23. The summed E-state index contributed by atoms with van der Waals surface area (Å²) in [5, 5.41) is 147. The van der Waals surface area contributed by atoms with Gasteiger partial charge in [0.05, 0.1) is 45.2 Å². The zero-order valence-corrected chi connectivity index (χ0v) is 52.1. The Morgan fingerprint density at radius 3 is 1.33 bits per heavy atom. The Morgan fingerprint density at radius 1 is 0.448 bits per heavy atom. The first kappa shape index (κ1) is 77.3. The van der Waals surface area contributed by atoms with Crippen molar-refractivity contribution in [3.8, 4) is 0 Å². The SMILES string of the molecule is CCCCCCCCCCCCC/C=C/[C@@H](O)[C@H](CO[C@@H]1OC(CO)[C@@H](O[C@@H]2OC(CO)[C@H](O)[C@H](O[C@@H]3OC(CO)[C@@H](O[C@@H]4OC(CO)[C@H](O)[C@H](O)C4O)[C@H](O)C3NC(C)=O)C2O)[C@H](O)C1O)NC(=O)CCCCCCCCCCCCCCCCC. The summed E-state index contributed by atoms with van der Waals surface area (Å²) >= 11 is 0. The minimum atomic E-state index is -2.09. The van der Waals surface area contributed by atoms with Gasteiger partial charge >= 0.3 is 0 Å². The van der Waals surface area contributed by atoms with Crippen molar-refractivity contribution in [1.29, 1.82) is 0 Å². The summed E-state index contributed by atoms with van der Waals surface area (Å²) in [5.41, 5.74) is 0. The van der Waals surface area contributed by atoms with Gasteiger partial charge in [0.25, 0.3) is 0 Å². The smallest absolute Gasteiger partial charge is 0.220 e. The summed E-state index contributed by atoms with van der Waals surface area (Å²) in [4.78, 5) is 25.9. The molecule has 4 saturated heterocycles. The molecular weight excluding hydrogens is 1140 g/mol. The van der Waals surface area contributed by atoms with E-state index >= 15 is 0 Å². The number of nitrogens with one attached hydrogen (secondary N) is 2. The standard InChI is InChI=1S/C62H114N2O23/c1-4-6-8-10-12-14-16-18-19-21-23-25-27-29-31-33-46(71)64-40(41(70)32-30-28-26-24-22-20-17-15-13-11-9-7-5-2)38-80-60-54(78)52(76)57(45(37-68)84-60)86-62-55(79)58(49(73)43(35-66)82-62)87-59-47(63-39(3)69)50(74)56(44(36-67)83-59)85-61-53(77)51(75)48(72)42(34-65)81-61/h30,32,40-45,47-62,65-68,70,72-79H,4-29,31,33-38H2,1-3H3,(H,63,69)(H,64,71)/b32-30+/t40-,41+,42?,43?,44?,45?,47?,48-,49-,50+,51-,52+,53?,54?,55?,56+,57+,58-,59-,60+,61-,62-/m0/s1. The van der Waals surface area contributed by atoms with Gasteiger partial charge in [-0.2, -0.15) is 0 Å². The second-order valence-electron chi connectivity index (χ2n) is 24.3. The lowest BCUT2D eigenvalue weighted by molar-refractivity contribution is -0.381. The van der Waals surface area contributed by atoms with Crippen LogP contribution in [0, 0.1) is 0 Å². The maximum atomic E-state index is 13.4. The summed E-state index contributed by atoms with van der Waals surface area (Å²) in [5.74, 6) is -1.07. The summed E-state index contributed by atoms with van der Waals surface area (Å²) < 4.78 is 46.6. The Kier molecular flexibility index (Phi) is 38.8. The van der Waals surface area contributed by atoms with Crippen molar-refractivity contribution in [3.05, 3.63) is 12.2 Å². The predicted octanol–water partition coefficient (Wildman–Crippen LogP) is 1.78. The normalized spacial score (nSPS) is 33.8. The molecule has 0 radical (unpaired) electrons. The molecule has 0 aromatic carbocycles. The third kappa shape index (κ3) is 26.0. The molecule has 4 fully saturated rings. The van der Waals surface area contributed by atoms with Crippen LogP contribution in [0.1, 0.15) is 201 Å². The van der Waals surface area contributed by atoms with E-state index in [1.807, 2.05) is 6.08 Å². The molecule has 0 aliphatic carbocycles. The number of allylic oxidation sites excluding steroid dienone is 1. The minimum Gasteiger partial charge on any atom is -0.394 e. The van der Waals surface area contributed by atoms with E-state index in [2.05, 4.69) is 24.5 Å². The highest BCUT2D eigenvalue weighted by Crippen LogP contribution is 2.35. The van der Waals surface area contributed by atoms with Crippen LogP contribution in [0.3, 0.4) is 0 Å². The molecule has 4 aliphatic rings. The molecule has 0 aromatic rings. The molecule has 87 heavy (non-hydrogen) atoms. The van der Waals surface area contributed by atoms with E-state index in [4.69, 9.17) is 37.9 Å². The minimum absolute atomic E-state index is 0.213. The molecule has 0 aromatic heterocycles.